The van der Waals surface area contributed by atoms with Gasteiger partial charge in [0.25, 0.3) is 5.91 Å². The second kappa shape index (κ2) is 13.2. The summed E-state index contributed by atoms with van der Waals surface area (Å²) in [5.41, 5.74) is 1.95. The van der Waals surface area contributed by atoms with Gasteiger partial charge in [-0.15, -0.1) is 0 Å². The molecule has 0 heterocycles. The molecule has 2 rings (SSSR count). The van der Waals surface area contributed by atoms with E-state index in [1.54, 1.807) is 48.2 Å². The third-order valence-electron chi connectivity index (χ3n) is 4.76. The molecule has 1 amide bonds. The van der Waals surface area contributed by atoms with Gasteiger partial charge in [-0.25, -0.2) is 4.79 Å². The number of carbonyl (C=O) groups is 3. The molecule has 1 atom stereocenters. The summed E-state index contributed by atoms with van der Waals surface area (Å²) in [7, 11) is 0. The minimum atomic E-state index is -0.861. The van der Waals surface area contributed by atoms with E-state index in [9.17, 15) is 14.4 Å². The Balaban J connectivity index is 1.96. The fraction of sp³-hybridized carbons (Fsp3) is 0.375. The molecule has 0 aliphatic rings. The lowest BCUT2D eigenvalue weighted by Crippen LogP contribution is -2.42. The predicted octanol–water partition coefficient (Wildman–Crippen LogP) is 4.96. The predicted molar refractivity (Wildman–Crippen MR) is 126 cm³/mol. The van der Waals surface area contributed by atoms with E-state index in [0.29, 0.717) is 22.8 Å². The highest BCUT2D eigenvalue weighted by Crippen LogP contribution is 2.15. The van der Waals surface area contributed by atoms with Crippen molar-refractivity contribution in [2.75, 3.05) is 18.6 Å². The van der Waals surface area contributed by atoms with Crippen LogP contribution >= 0.6 is 23.4 Å². The number of hydrogen-bond acceptors (Lipinski definition) is 5. The largest absolute Gasteiger partial charge is 0.456 e. The van der Waals surface area contributed by atoms with Crippen LogP contribution < -0.4 is 5.32 Å². The molecule has 31 heavy (non-hydrogen) atoms. The van der Waals surface area contributed by atoms with Crippen molar-refractivity contribution in [1.29, 1.82) is 0 Å². The highest BCUT2D eigenvalue weighted by Gasteiger charge is 2.24. The minimum Gasteiger partial charge on any atom is -0.456 e. The van der Waals surface area contributed by atoms with Crippen molar-refractivity contribution in [3.05, 3.63) is 70.2 Å². The number of benzene rings is 2. The molecule has 166 valence electrons. The van der Waals surface area contributed by atoms with Gasteiger partial charge in [0.1, 0.15) is 6.04 Å². The number of aryl methyl sites for hydroxylation is 1. The van der Waals surface area contributed by atoms with E-state index in [1.807, 2.05) is 18.4 Å². The lowest BCUT2D eigenvalue weighted by atomic mass is 10.0. The molecule has 7 heteroatoms. The van der Waals surface area contributed by atoms with Gasteiger partial charge >= 0.3 is 5.97 Å². The topological polar surface area (TPSA) is 72.5 Å². The molecule has 0 aliphatic carbocycles. The number of unbranched alkanes of at least 4 members (excludes halogenated alkanes) is 1. The average Bonchev–Trinajstić information content (AvgIpc) is 2.79. The summed E-state index contributed by atoms with van der Waals surface area (Å²) in [4.78, 5) is 37.5. The summed E-state index contributed by atoms with van der Waals surface area (Å²) in [6.07, 6.45) is 5.48. The van der Waals surface area contributed by atoms with Crippen molar-refractivity contribution in [3.63, 3.8) is 0 Å². The van der Waals surface area contributed by atoms with Crippen molar-refractivity contribution in [2.24, 2.45) is 0 Å². The van der Waals surface area contributed by atoms with Gasteiger partial charge < -0.3 is 10.1 Å². The van der Waals surface area contributed by atoms with Crippen LogP contribution in [0.2, 0.25) is 5.02 Å². The van der Waals surface area contributed by atoms with Gasteiger partial charge in [0, 0.05) is 5.56 Å². The molecule has 1 unspecified atom stereocenters. The molecular formula is C24H28ClNO4S. The van der Waals surface area contributed by atoms with Gasteiger partial charge in [0.05, 0.1) is 10.6 Å². The maximum atomic E-state index is 12.6. The van der Waals surface area contributed by atoms with E-state index in [0.717, 1.165) is 19.3 Å². The monoisotopic (exact) mass is 461 g/mol. The third kappa shape index (κ3) is 8.04. The number of ether oxygens (including phenoxy) is 1. The molecule has 0 aromatic heterocycles. The Morgan fingerprint density at radius 1 is 1.10 bits per heavy atom. The van der Waals surface area contributed by atoms with Crippen LogP contribution in [-0.2, 0) is 16.0 Å². The first-order chi connectivity index (χ1) is 15.0. The number of esters is 1. The van der Waals surface area contributed by atoms with Crippen LogP contribution in [0.25, 0.3) is 0 Å². The van der Waals surface area contributed by atoms with E-state index >= 15 is 0 Å². The number of nitrogens with one attached hydrogen (secondary N) is 1. The Morgan fingerprint density at radius 2 is 1.81 bits per heavy atom. The van der Waals surface area contributed by atoms with E-state index < -0.39 is 17.9 Å². The summed E-state index contributed by atoms with van der Waals surface area (Å²) in [5.74, 6) is -0.725. The molecule has 1 N–H and O–H groups in total. The van der Waals surface area contributed by atoms with E-state index in [-0.39, 0.29) is 18.0 Å². The summed E-state index contributed by atoms with van der Waals surface area (Å²) in [6, 6.07) is 13.1. The van der Waals surface area contributed by atoms with Crippen molar-refractivity contribution in [1.82, 2.24) is 5.32 Å². The van der Waals surface area contributed by atoms with Crippen molar-refractivity contribution in [3.8, 4) is 0 Å². The first-order valence-electron chi connectivity index (χ1n) is 10.3. The molecule has 0 bridgehead atoms. The fourth-order valence-corrected chi connectivity index (χ4v) is 3.62. The number of carbonyl (C=O) groups excluding carboxylic acids is 3. The zero-order chi connectivity index (χ0) is 22.6. The fourth-order valence-electron chi connectivity index (χ4n) is 2.92. The maximum Gasteiger partial charge on any atom is 0.329 e. The van der Waals surface area contributed by atoms with E-state index in [1.165, 1.54) is 5.56 Å². The number of amides is 1. The molecule has 0 saturated carbocycles. The van der Waals surface area contributed by atoms with Crippen molar-refractivity contribution >= 4 is 41.0 Å². The maximum absolute atomic E-state index is 12.6. The second-order valence-electron chi connectivity index (χ2n) is 7.12. The van der Waals surface area contributed by atoms with Gasteiger partial charge in [-0.2, -0.15) is 11.8 Å². The number of hydrogen-bond donors (Lipinski definition) is 1. The lowest BCUT2D eigenvalue weighted by molar-refractivity contribution is -0.144. The Kier molecular flexibility index (Phi) is 10.6. The highest BCUT2D eigenvalue weighted by molar-refractivity contribution is 7.98. The Hall–Kier alpha value is -2.31. The summed E-state index contributed by atoms with van der Waals surface area (Å²) in [6.45, 7) is 1.76. The molecular weight excluding hydrogens is 434 g/mol. The molecule has 2 aromatic carbocycles. The van der Waals surface area contributed by atoms with Crippen LogP contribution in [0, 0.1) is 0 Å². The van der Waals surface area contributed by atoms with Crippen LogP contribution in [0.1, 0.15) is 52.5 Å². The zero-order valence-electron chi connectivity index (χ0n) is 17.9. The van der Waals surface area contributed by atoms with Gasteiger partial charge in [0.15, 0.2) is 12.4 Å². The molecule has 0 spiro atoms. The lowest BCUT2D eigenvalue weighted by Gasteiger charge is -2.17. The number of Topliss-reactive ketones (excluding diaryl/α,β-unsaturated/α-hetero) is 1. The van der Waals surface area contributed by atoms with Crippen molar-refractivity contribution < 1.29 is 19.1 Å². The quantitative estimate of drug-likeness (QED) is 0.357. The van der Waals surface area contributed by atoms with E-state index in [4.69, 9.17) is 16.3 Å². The van der Waals surface area contributed by atoms with Crippen LogP contribution in [0.4, 0.5) is 0 Å². The first kappa shape index (κ1) is 25.0. The Morgan fingerprint density at radius 3 is 2.45 bits per heavy atom. The van der Waals surface area contributed by atoms with E-state index in [2.05, 4.69) is 12.2 Å². The smallest absolute Gasteiger partial charge is 0.329 e. The number of rotatable bonds is 12. The van der Waals surface area contributed by atoms with Gasteiger partial charge in [-0.1, -0.05) is 61.3 Å². The second-order valence-corrected chi connectivity index (χ2v) is 8.51. The molecule has 0 radical (unpaired) electrons. The SMILES string of the molecule is CCCCc1ccc(C(=O)COC(=O)C(CCSC)NC(=O)c2ccccc2Cl)cc1. The van der Waals surface area contributed by atoms with Gasteiger partial charge in [0.2, 0.25) is 0 Å². The molecule has 0 fully saturated rings. The number of ketones is 1. The molecule has 0 saturated heterocycles. The molecule has 5 nitrogen and oxygen atoms in total. The summed E-state index contributed by atoms with van der Waals surface area (Å²) in [5, 5.41) is 2.98. The average molecular weight is 462 g/mol. The minimum absolute atomic E-state index is 0.281. The number of thioether (sulfide) groups is 1. The first-order valence-corrected chi connectivity index (χ1v) is 12.1. The standard InChI is InChI=1S/C24H28ClNO4S/c1-3-4-7-17-10-12-18(13-11-17)22(27)16-30-24(29)21(14-15-31-2)26-23(28)19-8-5-6-9-20(19)25/h5-6,8-13,21H,3-4,7,14-16H2,1-2H3,(H,26,28). The third-order valence-corrected chi connectivity index (χ3v) is 5.73. The van der Waals surface area contributed by atoms with Gasteiger partial charge in [-0.3, -0.25) is 9.59 Å². The highest BCUT2D eigenvalue weighted by atomic mass is 35.5. The zero-order valence-corrected chi connectivity index (χ0v) is 19.4. The van der Waals surface area contributed by atoms with Crippen molar-refractivity contribution in [2.45, 2.75) is 38.6 Å². The van der Waals surface area contributed by atoms with Gasteiger partial charge in [-0.05, 0) is 49.0 Å². The van der Waals surface area contributed by atoms with Crippen LogP contribution in [-0.4, -0.2) is 42.3 Å². The summed E-state index contributed by atoms with van der Waals surface area (Å²) < 4.78 is 5.23. The molecule has 0 aliphatic heterocycles. The molecule has 2 aromatic rings. The number of halogens is 1. The van der Waals surface area contributed by atoms with Crippen LogP contribution in [0.15, 0.2) is 48.5 Å². The Bertz CT molecular complexity index is 885. The Labute approximate surface area is 192 Å². The summed E-state index contributed by atoms with van der Waals surface area (Å²) >= 11 is 7.62. The normalized spacial score (nSPS) is 11.6. The van der Waals surface area contributed by atoms with Crippen LogP contribution in [0.5, 0.6) is 0 Å². The van der Waals surface area contributed by atoms with Crippen LogP contribution in [0.3, 0.4) is 0 Å².